The molecule has 1 amide bonds. The molecule has 0 saturated carbocycles. The van der Waals surface area contributed by atoms with Crippen LogP contribution in [0.2, 0.25) is 5.02 Å². The van der Waals surface area contributed by atoms with Gasteiger partial charge in [-0.05, 0) is 35.9 Å². The molecular formula is C24H18ClF3N4OS. The van der Waals surface area contributed by atoms with Crippen LogP contribution in [0.15, 0.2) is 83.1 Å². The van der Waals surface area contributed by atoms with E-state index in [4.69, 9.17) is 11.6 Å². The van der Waals surface area contributed by atoms with E-state index in [2.05, 4.69) is 15.5 Å². The summed E-state index contributed by atoms with van der Waals surface area (Å²) in [5.74, 6) is -0.474. The second-order valence-corrected chi connectivity index (χ2v) is 8.64. The number of hydrogen-bond donors (Lipinski definition) is 1. The third-order valence-electron chi connectivity index (χ3n) is 4.86. The van der Waals surface area contributed by atoms with Crippen LogP contribution in [0.3, 0.4) is 0 Å². The van der Waals surface area contributed by atoms with Gasteiger partial charge in [-0.3, -0.25) is 4.79 Å². The molecule has 1 aromatic heterocycles. The first kappa shape index (κ1) is 23.8. The summed E-state index contributed by atoms with van der Waals surface area (Å²) >= 11 is 7.20. The average Bonchev–Trinajstić information content (AvgIpc) is 3.16. The third-order valence-corrected chi connectivity index (χ3v) is 6.09. The van der Waals surface area contributed by atoms with Crippen LogP contribution >= 0.6 is 23.4 Å². The van der Waals surface area contributed by atoms with E-state index < -0.39 is 17.6 Å². The highest BCUT2D eigenvalue weighted by Gasteiger charge is 2.32. The first-order chi connectivity index (χ1) is 16.3. The maximum Gasteiger partial charge on any atom is 0.417 e. The predicted molar refractivity (Wildman–Crippen MR) is 128 cm³/mol. The summed E-state index contributed by atoms with van der Waals surface area (Å²) in [4.78, 5) is 16.9. The molecule has 0 unspecified atom stereocenters. The topological polar surface area (TPSA) is 59.3 Å². The Hall–Kier alpha value is -3.30. The van der Waals surface area contributed by atoms with E-state index in [1.165, 1.54) is 30.0 Å². The summed E-state index contributed by atoms with van der Waals surface area (Å²) in [6, 6.07) is 20.1. The quantitative estimate of drug-likeness (QED) is 0.191. The largest absolute Gasteiger partial charge is 0.417 e. The maximum absolute atomic E-state index is 13.1. The molecule has 0 radical (unpaired) electrons. The van der Waals surface area contributed by atoms with Crippen molar-refractivity contribution in [1.29, 1.82) is 0 Å². The summed E-state index contributed by atoms with van der Waals surface area (Å²) in [6.07, 6.45) is -3.52. The van der Waals surface area contributed by atoms with E-state index in [9.17, 15) is 18.0 Å². The van der Waals surface area contributed by atoms with E-state index in [0.717, 1.165) is 28.9 Å². The van der Waals surface area contributed by atoms with E-state index in [1.54, 1.807) is 0 Å². The molecule has 5 nitrogen and oxygen atoms in total. The van der Waals surface area contributed by atoms with Gasteiger partial charge in [0, 0.05) is 10.6 Å². The van der Waals surface area contributed by atoms with Gasteiger partial charge in [0.05, 0.1) is 35.1 Å². The molecule has 0 spiro atoms. The van der Waals surface area contributed by atoms with Crippen LogP contribution < -0.4 is 5.43 Å². The Balaban J connectivity index is 1.45. The summed E-state index contributed by atoms with van der Waals surface area (Å²) in [6.45, 7) is 0.536. The van der Waals surface area contributed by atoms with E-state index in [-0.39, 0.29) is 11.3 Å². The van der Waals surface area contributed by atoms with Crippen molar-refractivity contribution in [1.82, 2.24) is 15.0 Å². The predicted octanol–water partition coefficient (Wildman–Crippen LogP) is 6.00. The number of benzene rings is 3. The number of alkyl halides is 3. The summed E-state index contributed by atoms with van der Waals surface area (Å²) in [5.41, 5.74) is 4.06. The van der Waals surface area contributed by atoms with E-state index >= 15 is 0 Å². The van der Waals surface area contributed by atoms with Gasteiger partial charge in [-0.25, -0.2) is 10.4 Å². The van der Waals surface area contributed by atoms with Crippen LogP contribution in [-0.2, 0) is 17.5 Å². The van der Waals surface area contributed by atoms with Crippen LogP contribution in [0.25, 0.3) is 11.0 Å². The average molecular weight is 503 g/mol. The molecule has 0 atom stereocenters. The number of hydrazone groups is 1. The van der Waals surface area contributed by atoms with Gasteiger partial charge >= 0.3 is 6.18 Å². The Morgan fingerprint density at radius 1 is 1.06 bits per heavy atom. The SMILES string of the molecule is O=C(CSc1nc2ccccc2n1Cc1ccc(Cl)cc1)NN=Cc1ccccc1C(F)(F)F. The Labute approximate surface area is 202 Å². The van der Waals surface area contributed by atoms with Gasteiger partial charge in [0.2, 0.25) is 0 Å². The molecule has 174 valence electrons. The zero-order valence-corrected chi connectivity index (χ0v) is 19.2. The van der Waals surface area contributed by atoms with Crippen molar-refractivity contribution in [2.75, 3.05) is 5.75 Å². The molecule has 0 aliphatic rings. The molecule has 0 saturated heterocycles. The molecule has 0 aliphatic heterocycles. The number of halogens is 4. The number of hydrogen-bond acceptors (Lipinski definition) is 4. The standard InChI is InChI=1S/C24H18ClF3N4OS/c25-18-11-9-16(10-12-18)14-32-21-8-4-3-7-20(21)30-23(32)34-15-22(33)31-29-13-17-5-1-2-6-19(17)24(26,27)28/h1-13H,14-15H2,(H,31,33). The Bertz CT molecular complexity index is 1340. The first-order valence-electron chi connectivity index (χ1n) is 10.1. The lowest BCUT2D eigenvalue weighted by Crippen LogP contribution is -2.20. The summed E-state index contributed by atoms with van der Waals surface area (Å²) < 4.78 is 41.2. The number of nitrogens with one attached hydrogen (secondary N) is 1. The number of aromatic nitrogens is 2. The normalized spacial score (nSPS) is 11.9. The lowest BCUT2D eigenvalue weighted by molar-refractivity contribution is -0.137. The van der Waals surface area contributed by atoms with Crippen LogP contribution in [0.5, 0.6) is 0 Å². The van der Waals surface area contributed by atoms with E-state index in [0.29, 0.717) is 16.7 Å². The number of carbonyl (C=O) groups excluding carboxylic acids is 1. The Morgan fingerprint density at radius 2 is 1.76 bits per heavy atom. The second kappa shape index (κ2) is 10.3. The Morgan fingerprint density at radius 3 is 2.53 bits per heavy atom. The van der Waals surface area contributed by atoms with Crippen molar-refractivity contribution < 1.29 is 18.0 Å². The van der Waals surface area contributed by atoms with Gasteiger partial charge in [-0.1, -0.05) is 65.8 Å². The zero-order valence-electron chi connectivity index (χ0n) is 17.6. The number of thioether (sulfide) groups is 1. The number of rotatable bonds is 7. The smallest absolute Gasteiger partial charge is 0.314 e. The Kier molecular flexibility index (Phi) is 7.23. The molecule has 1 N–H and O–H groups in total. The fourth-order valence-electron chi connectivity index (χ4n) is 3.29. The highest BCUT2D eigenvalue weighted by molar-refractivity contribution is 7.99. The monoisotopic (exact) mass is 502 g/mol. The summed E-state index contributed by atoms with van der Waals surface area (Å²) in [7, 11) is 0. The molecule has 0 bridgehead atoms. The number of imidazole rings is 1. The van der Waals surface area contributed by atoms with Gasteiger partial charge in [0.1, 0.15) is 0 Å². The van der Waals surface area contributed by atoms with Crippen LogP contribution in [0.1, 0.15) is 16.7 Å². The molecule has 4 aromatic rings. The zero-order chi connectivity index (χ0) is 24.1. The molecule has 4 rings (SSSR count). The van der Waals surface area contributed by atoms with Crippen molar-refractivity contribution in [2.45, 2.75) is 17.9 Å². The van der Waals surface area contributed by atoms with Crippen LogP contribution in [0, 0.1) is 0 Å². The fourth-order valence-corrected chi connectivity index (χ4v) is 4.23. The number of carbonyl (C=O) groups is 1. The van der Waals surface area contributed by atoms with Crippen molar-refractivity contribution in [3.63, 3.8) is 0 Å². The molecular weight excluding hydrogens is 485 g/mol. The minimum atomic E-state index is -4.51. The van der Waals surface area contributed by atoms with Crippen LogP contribution in [-0.4, -0.2) is 27.4 Å². The first-order valence-corrected chi connectivity index (χ1v) is 11.5. The number of fused-ring (bicyclic) bond motifs is 1. The number of para-hydroxylation sites is 2. The van der Waals surface area contributed by atoms with Crippen molar-refractivity contribution in [3.8, 4) is 0 Å². The van der Waals surface area contributed by atoms with Gasteiger partial charge in [-0.2, -0.15) is 18.3 Å². The van der Waals surface area contributed by atoms with Gasteiger partial charge in [0.15, 0.2) is 5.16 Å². The number of amides is 1. The number of nitrogens with zero attached hydrogens (tertiary/aromatic N) is 3. The minimum Gasteiger partial charge on any atom is -0.314 e. The van der Waals surface area contributed by atoms with E-state index in [1.807, 2.05) is 53.1 Å². The van der Waals surface area contributed by atoms with Crippen LogP contribution in [0.4, 0.5) is 13.2 Å². The minimum absolute atomic E-state index is 0.0117. The molecule has 10 heteroatoms. The molecule has 34 heavy (non-hydrogen) atoms. The fraction of sp³-hybridized carbons (Fsp3) is 0.125. The van der Waals surface area contributed by atoms with Crippen molar-refractivity contribution in [2.24, 2.45) is 5.10 Å². The van der Waals surface area contributed by atoms with Crippen molar-refractivity contribution >= 4 is 46.5 Å². The lowest BCUT2D eigenvalue weighted by atomic mass is 10.1. The van der Waals surface area contributed by atoms with Gasteiger partial charge in [0.25, 0.3) is 5.91 Å². The highest BCUT2D eigenvalue weighted by atomic mass is 35.5. The maximum atomic E-state index is 13.1. The molecule has 3 aromatic carbocycles. The van der Waals surface area contributed by atoms with Gasteiger partial charge < -0.3 is 4.57 Å². The second-order valence-electron chi connectivity index (χ2n) is 7.26. The summed E-state index contributed by atoms with van der Waals surface area (Å²) in [5, 5.41) is 4.97. The van der Waals surface area contributed by atoms with Gasteiger partial charge in [-0.15, -0.1) is 0 Å². The molecule has 1 heterocycles. The lowest BCUT2D eigenvalue weighted by Gasteiger charge is -2.10. The molecule has 0 fully saturated rings. The van der Waals surface area contributed by atoms with Crippen molar-refractivity contribution in [3.05, 3.63) is 94.5 Å². The third kappa shape index (κ3) is 5.78. The highest BCUT2D eigenvalue weighted by Crippen LogP contribution is 2.31. The molecule has 0 aliphatic carbocycles.